The number of carbonyl (C=O) groups excluding carboxylic acids is 3. The van der Waals surface area contributed by atoms with Gasteiger partial charge in [-0.25, -0.2) is 4.90 Å². The molecular weight excluding hydrogens is 629 g/mol. The Hall–Kier alpha value is -4.97. The van der Waals surface area contributed by atoms with Gasteiger partial charge in [0.15, 0.2) is 5.78 Å². The Morgan fingerprint density at radius 3 is 1.45 bits per heavy atom. The number of benzene rings is 5. The average Bonchev–Trinajstić information content (AvgIpc) is 3.61. The second kappa shape index (κ2) is 10.8. The highest BCUT2D eigenvalue weighted by atomic mass is 35.5. The first-order valence-corrected chi connectivity index (χ1v) is 16.1. The number of methoxy groups -OCH3 is 1. The summed E-state index contributed by atoms with van der Waals surface area (Å²) in [7, 11) is 1.54. The Labute approximate surface area is 282 Å². The van der Waals surface area contributed by atoms with E-state index in [2.05, 4.69) is 0 Å². The molecule has 2 fully saturated rings. The van der Waals surface area contributed by atoms with Gasteiger partial charge in [0.25, 0.3) is 0 Å². The number of hydrogen-bond donors (Lipinski definition) is 0. The zero-order chi connectivity index (χ0) is 32.5. The zero-order valence-corrected chi connectivity index (χ0v) is 26.7. The minimum atomic E-state index is -1.53. The van der Waals surface area contributed by atoms with Gasteiger partial charge in [-0.05, 0) is 69.8 Å². The van der Waals surface area contributed by atoms with E-state index in [-0.39, 0.29) is 5.78 Å². The molecule has 5 aromatic carbocycles. The van der Waals surface area contributed by atoms with Crippen LogP contribution in [0.4, 0.5) is 5.69 Å². The molecule has 2 aliphatic carbocycles. The molecule has 1 heterocycles. The molecule has 47 heavy (non-hydrogen) atoms. The highest BCUT2D eigenvalue weighted by molar-refractivity contribution is 6.39. The minimum Gasteiger partial charge on any atom is -0.497 e. The third-order valence-electron chi connectivity index (χ3n) is 10.0. The van der Waals surface area contributed by atoms with Crippen LogP contribution in [0.25, 0.3) is 11.1 Å². The molecule has 1 saturated carbocycles. The van der Waals surface area contributed by atoms with Crippen molar-refractivity contribution >= 4 is 57.6 Å². The number of rotatable bonds is 6. The molecule has 5 nitrogen and oxygen atoms in total. The fraction of sp³-hybridized carbons (Fsp3) is 0.125. The number of ketones is 1. The lowest BCUT2D eigenvalue weighted by Crippen LogP contribution is -2.45. The maximum Gasteiger partial charge on any atom is 0.239 e. The van der Waals surface area contributed by atoms with Gasteiger partial charge in [-0.3, -0.25) is 14.4 Å². The summed E-state index contributed by atoms with van der Waals surface area (Å²) < 4.78 is 5.46. The van der Waals surface area contributed by atoms with Crippen LogP contribution < -0.4 is 9.64 Å². The summed E-state index contributed by atoms with van der Waals surface area (Å²) >= 11 is 12.8. The van der Waals surface area contributed by atoms with Gasteiger partial charge < -0.3 is 4.74 Å². The Kier molecular flexibility index (Phi) is 6.76. The summed E-state index contributed by atoms with van der Waals surface area (Å²) in [5.74, 6) is -2.68. The Bertz CT molecular complexity index is 1980. The number of Topliss-reactive ketones (excluding diaryl/α,β-unsaturated/α-hetero) is 1. The number of carbonyl (C=O) groups is 3. The molecule has 0 spiro atoms. The van der Waals surface area contributed by atoms with Crippen LogP contribution in [0.2, 0.25) is 10.0 Å². The molecule has 2 amide bonds. The molecule has 7 heteroatoms. The van der Waals surface area contributed by atoms with Crippen molar-refractivity contribution in [2.75, 3.05) is 12.0 Å². The molecule has 3 aliphatic rings. The smallest absolute Gasteiger partial charge is 0.239 e. The van der Waals surface area contributed by atoms with Crippen molar-refractivity contribution in [1.29, 1.82) is 0 Å². The van der Waals surface area contributed by atoms with Crippen LogP contribution in [0.3, 0.4) is 0 Å². The topological polar surface area (TPSA) is 63.7 Å². The van der Waals surface area contributed by atoms with Crippen LogP contribution in [0, 0.1) is 11.8 Å². The molecule has 8 rings (SSSR count). The molecule has 1 saturated heterocycles. The van der Waals surface area contributed by atoms with Crippen LogP contribution in [0.5, 0.6) is 5.75 Å². The zero-order valence-electron chi connectivity index (χ0n) is 25.2. The fourth-order valence-electron chi connectivity index (χ4n) is 8.36. The van der Waals surface area contributed by atoms with E-state index in [1.807, 2.05) is 84.9 Å². The van der Waals surface area contributed by atoms with E-state index in [0.29, 0.717) is 43.8 Å². The second-order valence-electron chi connectivity index (χ2n) is 12.1. The SMILES string of the molecule is COc1cccc(N2C(=O)[C@H]3[C@H](C2=O)[C@@]2(c4ccc(Cl)cc4)C(=O)[C@@]3(c3ccc(Cl)cc3)C(c3ccccc3)=C2c2ccccc2)c1. The maximum absolute atomic E-state index is 15.9. The van der Waals surface area contributed by atoms with Crippen LogP contribution >= 0.6 is 23.2 Å². The van der Waals surface area contributed by atoms with E-state index >= 15 is 14.4 Å². The van der Waals surface area contributed by atoms with E-state index in [0.717, 1.165) is 11.1 Å². The van der Waals surface area contributed by atoms with Crippen molar-refractivity contribution in [3.8, 4) is 5.75 Å². The van der Waals surface area contributed by atoms with Crippen molar-refractivity contribution in [2.24, 2.45) is 11.8 Å². The van der Waals surface area contributed by atoms with Crippen LogP contribution in [0.15, 0.2) is 133 Å². The highest BCUT2D eigenvalue weighted by Crippen LogP contribution is 2.74. The van der Waals surface area contributed by atoms with Crippen molar-refractivity contribution in [2.45, 2.75) is 10.8 Å². The van der Waals surface area contributed by atoms with E-state index in [4.69, 9.17) is 27.9 Å². The summed E-state index contributed by atoms with van der Waals surface area (Å²) in [6.45, 7) is 0. The third kappa shape index (κ3) is 3.87. The van der Waals surface area contributed by atoms with Crippen molar-refractivity contribution in [1.82, 2.24) is 0 Å². The van der Waals surface area contributed by atoms with Gasteiger partial charge in [0, 0.05) is 16.1 Å². The lowest BCUT2D eigenvalue weighted by molar-refractivity contribution is -0.130. The molecule has 0 unspecified atom stereocenters. The maximum atomic E-state index is 15.9. The van der Waals surface area contributed by atoms with Crippen LogP contribution in [0.1, 0.15) is 22.3 Å². The van der Waals surface area contributed by atoms with E-state index < -0.39 is 34.5 Å². The predicted octanol–water partition coefficient (Wildman–Crippen LogP) is 8.19. The number of halogens is 2. The first-order valence-electron chi connectivity index (χ1n) is 15.3. The van der Waals surface area contributed by atoms with E-state index in [9.17, 15) is 0 Å². The predicted molar refractivity (Wildman–Crippen MR) is 183 cm³/mol. The first kappa shape index (κ1) is 29.4. The van der Waals surface area contributed by atoms with Crippen molar-refractivity contribution in [3.05, 3.63) is 166 Å². The van der Waals surface area contributed by atoms with E-state index in [1.165, 1.54) is 12.0 Å². The number of nitrogens with zero attached hydrogens (tertiary/aromatic N) is 1. The van der Waals surface area contributed by atoms with Gasteiger partial charge in [0.2, 0.25) is 11.8 Å². The summed E-state index contributed by atoms with van der Waals surface area (Å²) in [4.78, 5) is 47.3. The van der Waals surface area contributed by atoms with Gasteiger partial charge in [-0.1, -0.05) is 114 Å². The summed E-state index contributed by atoms with van der Waals surface area (Å²) in [6, 6.07) is 40.5. The summed E-state index contributed by atoms with van der Waals surface area (Å²) in [5, 5.41) is 0.990. The number of imide groups is 1. The van der Waals surface area contributed by atoms with Gasteiger partial charge in [-0.2, -0.15) is 0 Å². The molecule has 4 atom stereocenters. The summed E-state index contributed by atoms with van der Waals surface area (Å²) in [5.41, 5.74) is 1.56. The van der Waals surface area contributed by atoms with Crippen molar-refractivity contribution in [3.63, 3.8) is 0 Å². The number of anilines is 1. The lowest BCUT2D eigenvalue weighted by atomic mass is 9.59. The van der Waals surface area contributed by atoms with E-state index in [1.54, 1.807) is 48.5 Å². The molecule has 5 aromatic rings. The van der Waals surface area contributed by atoms with Gasteiger partial charge in [-0.15, -0.1) is 0 Å². The van der Waals surface area contributed by atoms with Crippen LogP contribution in [-0.2, 0) is 25.2 Å². The lowest BCUT2D eigenvalue weighted by Gasteiger charge is -2.39. The Morgan fingerprint density at radius 1 is 0.574 bits per heavy atom. The second-order valence-corrected chi connectivity index (χ2v) is 13.0. The normalized spacial score (nSPS) is 24.7. The third-order valence-corrected chi connectivity index (χ3v) is 10.5. The minimum absolute atomic E-state index is 0.214. The van der Waals surface area contributed by atoms with Gasteiger partial charge >= 0.3 is 0 Å². The molecule has 0 radical (unpaired) electrons. The number of amides is 2. The largest absolute Gasteiger partial charge is 0.497 e. The number of ether oxygens (including phenoxy) is 1. The Morgan fingerprint density at radius 2 is 1.02 bits per heavy atom. The standard InChI is InChI=1S/C40H27Cl2NO4/c1-47-31-14-8-13-30(23-31)43-36(44)34-35(37(43)45)40(27-17-21-29(42)22-18-27)33(25-11-6-3-7-12-25)32(24-9-4-2-5-10-24)39(34,38(40)46)26-15-19-28(41)20-16-26/h2-23,34-35H,1H3/t34-,35-,39+,40+/m1/s1. The van der Waals surface area contributed by atoms with Gasteiger partial charge in [0.1, 0.15) is 5.75 Å². The van der Waals surface area contributed by atoms with Crippen molar-refractivity contribution < 1.29 is 19.1 Å². The molecule has 230 valence electrons. The average molecular weight is 657 g/mol. The number of hydrogen-bond acceptors (Lipinski definition) is 4. The molecular formula is C40H27Cl2NO4. The Balaban J connectivity index is 1.55. The number of allylic oxidation sites excluding steroid dienone is 2. The van der Waals surface area contributed by atoms with Crippen LogP contribution in [-0.4, -0.2) is 24.7 Å². The molecule has 0 N–H and O–H groups in total. The van der Waals surface area contributed by atoms with Gasteiger partial charge in [0.05, 0.1) is 35.5 Å². The monoisotopic (exact) mass is 655 g/mol. The molecule has 2 bridgehead atoms. The number of fused-ring (bicyclic) bond motifs is 5. The fourth-order valence-corrected chi connectivity index (χ4v) is 8.61. The summed E-state index contributed by atoms with van der Waals surface area (Å²) in [6.07, 6.45) is 0. The molecule has 1 aliphatic heterocycles. The quantitative estimate of drug-likeness (QED) is 0.173. The first-order chi connectivity index (χ1) is 22.8. The molecule has 0 aromatic heterocycles. The highest BCUT2D eigenvalue weighted by Gasteiger charge is 2.82.